The van der Waals surface area contributed by atoms with Gasteiger partial charge in [0.2, 0.25) is 0 Å². The topological polar surface area (TPSA) is 6.48 Å². The van der Waals surface area contributed by atoms with Crippen LogP contribution >= 0.6 is 0 Å². The van der Waals surface area contributed by atoms with E-state index < -0.39 is 0 Å². The van der Waals surface area contributed by atoms with Gasteiger partial charge in [0, 0.05) is 39.5 Å². The molecule has 2 saturated carbocycles. The van der Waals surface area contributed by atoms with Crippen molar-refractivity contribution in [2.45, 2.75) is 76.5 Å². The summed E-state index contributed by atoms with van der Waals surface area (Å²) in [7, 11) is 0. The maximum atomic E-state index is 2.55. The molecule has 6 bridgehead atoms. The molecule has 64 heavy (non-hydrogen) atoms. The quantitative estimate of drug-likeness (QED) is 0.151. The highest BCUT2D eigenvalue weighted by Gasteiger charge is 2.40. The van der Waals surface area contributed by atoms with Crippen molar-refractivity contribution < 1.29 is 0 Å². The molecule has 3 atom stereocenters. The second-order valence-electron chi connectivity index (χ2n) is 19.6. The molecule has 3 unspecified atom stereocenters. The summed E-state index contributed by atoms with van der Waals surface area (Å²) < 4.78 is 0. The fraction of sp³-hybridized carbons (Fsp3) is 0.226. The largest absolute Gasteiger partial charge is 0.310 e. The maximum Gasteiger partial charge on any atom is 0.0496 e. The summed E-state index contributed by atoms with van der Waals surface area (Å²) in [6.45, 7) is 4.77. The number of nitrogens with zero attached hydrogens (tertiary/aromatic N) is 2. The van der Waals surface area contributed by atoms with Gasteiger partial charge < -0.3 is 9.80 Å². The maximum absolute atomic E-state index is 2.55. The summed E-state index contributed by atoms with van der Waals surface area (Å²) in [6.07, 6.45) is 9.42. The van der Waals surface area contributed by atoms with Crippen LogP contribution in [0.5, 0.6) is 0 Å². The van der Waals surface area contributed by atoms with E-state index in [2.05, 4.69) is 212 Å². The predicted molar refractivity (Wildman–Crippen MR) is 268 cm³/mol. The van der Waals surface area contributed by atoms with Gasteiger partial charge >= 0.3 is 0 Å². The Bertz CT molecular complexity index is 2980. The van der Waals surface area contributed by atoms with Crippen LogP contribution in [0.2, 0.25) is 0 Å². The average molecular weight is 829 g/mol. The smallest absolute Gasteiger partial charge is 0.0496 e. The molecule has 0 spiro atoms. The van der Waals surface area contributed by atoms with Crippen molar-refractivity contribution in [3.05, 3.63) is 227 Å². The molecule has 2 nitrogen and oxygen atoms in total. The molecule has 7 aliphatic carbocycles. The fourth-order valence-electron chi connectivity index (χ4n) is 12.1. The number of anilines is 6. The van der Waals surface area contributed by atoms with Gasteiger partial charge in [0.25, 0.3) is 0 Å². The Hall–Kier alpha value is -6.64. The molecule has 8 aromatic carbocycles. The molecule has 314 valence electrons. The summed E-state index contributed by atoms with van der Waals surface area (Å²) >= 11 is 0. The van der Waals surface area contributed by atoms with E-state index in [1.165, 1.54) is 121 Å². The molecule has 2 fully saturated rings. The zero-order chi connectivity index (χ0) is 42.8. The first kappa shape index (κ1) is 39.0. The van der Waals surface area contributed by atoms with E-state index in [0.717, 1.165) is 43.4 Å². The minimum absolute atomic E-state index is 0.0960. The first-order valence-electron chi connectivity index (χ1n) is 23.8. The van der Waals surface area contributed by atoms with Crippen molar-refractivity contribution in [2.24, 2.45) is 11.8 Å². The molecule has 0 radical (unpaired) electrons. The van der Waals surface area contributed by atoms with Crippen LogP contribution in [0.4, 0.5) is 34.1 Å². The Kier molecular flexibility index (Phi) is 9.66. The Balaban J connectivity index is 0.927. The Morgan fingerprint density at radius 3 is 1.61 bits per heavy atom. The van der Waals surface area contributed by atoms with Crippen LogP contribution in [0, 0.1) is 11.8 Å². The van der Waals surface area contributed by atoms with Gasteiger partial charge in [-0.1, -0.05) is 148 Å². The molecule has 0 N–H and O–H groups in total. The van der Waals surface area contributed by atoms with Crippen LogP contribution in [-0.2, 0) is 31.1 Å². The third-order valence-corrected chi connectivity index (χ3v) is 15.5. The lowest BCUT2D eigenvalue weighted by molar-refractivity contribution is 0.420. The minimum Gasteiger partial charge on any atom is -0.310 e. The molecule has 0 aliphatic heterocycles. The third-order valence-electron chi connectivity index (χ3n) is 15.5. The van der Waals surface area contributed by atoms with Crippen molar-refractivity contribution in [3.8, 4) is 22.3 Å². The van der Waals surface area contributed by atoms with Gasteiger partial charge in [-0.3, -0.25) is 0 Å². The molecule has 0 amide bonds. The number of hydrogen-bond donors (Lipinski definition) is 0. The summed E-state index contributed by atoms with van der Waals surface area (Å²) in [4.78, 5) is 5.07. The monoisotopic (exact) mass is 828 g/mol. The van der Waals surface area contributed by atoms with E-state index in [4.69, 9.17) is 0 Å². The fourth-order valence-corrected chi connectivity index (χ4v) is 12.1. The van der Waals surface area contributed by atoms with Crippen molar-refractivity contribution in [3.63, 3.8) is 0 Å². The van der Waals surface area contributed by atoms with Crippen molar-refractivity contribution >= 4 is 34.1 Å². The number of fused-ring (bicyclic) bond motifs is 5. The Labute approximate surface area is 379 Å². The van der Waals surface area contributed by atoms with Gasteiger partial charge in [-0.2, -0.15) is 0 Å². The first-order chi connectivity index (χ1) is 31.4. The summed E-state index contributed by atoms with van der Waals surface area (Å²) in [5, 5.41) is 0. The lowest BCUT2D eigenvalue weighted by atomic mass is 9.82. The number of aryl methyl sites for hydroxylation is 4. The predicted octanol–water partition coefficient (Wildman–Crippen LogP) is 16.4. The first-order valence-corrected chi connectivity index (χ1v) is 23.8. The molecule has 15 rings (SSSR count). The lowest BCUT2D eigenvalue weighted by Crippen LogP contribution is -2.17. The number of hydrogen-bond acceptors (Lipinski definition) is 2. The van der Waals surface area contributed by atoms with Gasteiger partial charge in [0.1, 0.15) is 0 Å². The molecule has 2 heteroatoms. The summed E-state index contributed by atoms with van der Waals surface area (Å²) in [5.74, 6) is 2.55. The highest BCUT2D eigenvalue weighted by molar-refractivity contribution is 5.87. The van der Waals surface area contributed by atoms with Crippen LogP contribution in [0.25, 0.3) is 22.3 Å². The highest BCUT2D eigenvalue weighted by atomic mass is 15.2. The zero-order valence-corrected chi connectivity index (χ0v) is 37.2. The normalized spacial score (nSPS) is 18.9. The SMILES string of the molecule is CC1(C)c2ccccc2-c2ccc(N(c3ccc(-c4ccccc4)cc3)c3cc4ccc3CCc3ccc(c(N(c5ccccc5)c5ccc(C6CC7CCC6C7)cc5)c3)CC4)cc21. The van der Waals surface area contributed by atoms with Gasteiger partial charge in [-0.15, -0.1) is 0 Å². The average Bonchev–Trinajstić information content (AvgIpc) is 4.04. The van der Waals surface area contributed by atoms with Gasteiger partial charge in [-0.25, -0.2) is 0 Å². The Morgan fingerprint density at radius 1 is 0.422 bits per heavy atom. The van der Waals surface area contributed by atoms with Gasteiger partial charge in [0.15, 0.2) is 0 Å². The second kappa shape index (κ2) is 15.9. The second-order valence-corrected chi connectivity index (χ2v) is 19.6. The van der Waals surface area contributed by atoms with E-state index in [9.17, 15) is 0 Å². The van der Waals surface area contributed by atoms with Crippen LogP contribution in [-0.4, -0.2) is 0 Å². The molecule has 7 aliphatic rings. The van der Waals surface area contributed by atoms with Crippen LogP contribution in [0.15, 0.2) is 188 Å². The minimum atomic E-state index is -0.0960. The molecular formula is C62H56N2. The zero-order valence-electron chi connectivity index (χ0n) is 37.2. The number of para-hydroxylation sites is 1. The van der Waals surface area contributed by atoms with E-state index in [-0.39, 0.29) is 5.41 Å². The molecular weight excluding hydrogens is 773 g/mol. The Morgan fingerprint density at radius 2 is 0.969 bits per heavy atom. The lowest BCUT2D eigenvalue weighted by Gasteiger charge is -2.31. The summed E-state index contributed by atoms with van der Waals surface area (Å²) in [6, 6.07) is 71.5. The van der Waals surface area contributed by atoms with Crippen LogP contribution in [0.1, 0.15) is 84.4 Å². The summed E-state index contributed by atoms with van der Waals surface area (Å²) in [5.41, 5.74) is 22.3. The van der Waals surface area contributed by atoms with Crippen LogP contribution < -0.4 is 9.80 Å². The van der Waals surface area contributed by atoms with Gasteiger partial charge in [0.05, 0.1) is 0 Å². The number of rotatable bonds is 8. The van der Waals surface area contributed by atoms with Crippen molar-refractivity contribution in [2.75, 3.05) is 9.80 Å². The van der Waals surface area contributed by atoms with Crippen molar-refractivity contribution in [1.82, 2.24) is 0 Å². The highest BCUT2D eigenvalue weighted by Crippen LogP contribution is 2.54. The van der Waals surface area contributed by atoms with E-state index in [1.54, 1.807) is 0 Å². The third kappa shape index (κ3) is 6.87. The molecule has 0 saturated heterocycles. The molecule has 0 heterocycles. The van der Waals surface area contributed by atoms with Crippen molar-refractivity contribution in [1.29, 1.82) is 0 Å². The van der Waals surface area contributed by atoms with Gasteiger partial charge in [-0.05, 0) is 185 Å². The van der Waals surface area contributed by atoms with E-state index in [1.807, 2.05) is 0 Å². The number of benzene rings is 8. The molecule has 0 aromatic heterocycles. The van der Waals surface area contributed by atoms with E-state index in [0.29, 0.717) is 0 Å². The van der Waals surface area contributed by atoms with Crippen LogP contribution in [0.3, 0.4) is 0 Å². The van der Waals surface area contributed by atoms with E-state index >= 15 is 0 Å². The molecule has 8 aromatic rings. The standard InChI is InChI=1S/C62H56N2/c1-62(2)58-16-10-9-15-55(58)56-36-35-54(41-59(56)62)64(53-31-27-46(28-32-53)45-11-5-3-6-12-45)61-40-43-18-23-48-22-17-42(19-24-49(61)25-20-43)39-60(48)63(51-13-7-4-8-14-51)52-33-29-47(30-34-52)57-38-44-21-26-50(57)37-44/h3-17,20,22,25,27-36,39-41,44,50,57H,18-19,21,23-24,26,37-38H2,1-2H3.